The molecular weight excluding hydrogens is 124 g/mol. The van der Waals surface area contributed by atoms with Crippen molar-refractivity contribution in [1.82, 2.24) is 0 Å². The molecule has 0 aromatic rings. The van der Waals surface area contributed by atoms with E-state index in [1.165, 1.54) is 19.3 Å². The molecule has 1 aliphatic rings. The maximum Gasteiger partial charge on any atom is 0.0751 e. The molecular formula is C9H14O. The van der Waals surface area contributed by atoms with Crippen LogP contribution in [-0.2, 0) is 0 Å². The van der Waals surface area contributed by atoms with Crippen LogP contribution in [0.15, 0.2) is 24.0 Å². The average molecular weight is 138 g/mol. The molecule has 1 N–H and O–H groups in total. The van der Waals surface area contributed by atoms with Crippen molar-refractivity contribution in [3.05, 3.63) is 24.0 Å². The van der Waals surface area contributed by atoms with E-state index >= 15 is 0 Å². The average Bonchev–Trinajstić information content (AvgIpc) is 2.41. The van der Waals surface area contributed by atoms with Crippen molar-refractivity contribution in [2.75, 3.05) is 0 Å². The maximum atomic E-state index is 8.34. The molecule has 0 bridgehead atoms. The molecule has 0 unspecified atom stereocenters. The molecule has 0 spiro atoms. The Balaban J connectivity index is 2.12. The molecule has 0 aromatic heterocycles. The summed E-state index contributed by atoms with van der Waals surface area (Å²) < 4.78 is 0. The number of allylic oxidation sites excluding steroid dienone is 3. The van der Waals surface area contributed by atoms with Gasteiger partial charge in [-0.15, -0.1) is 0 Å². The van der Waals surface area contributed by atoms with E-state index in [9.17, 15) is 0 Å². The first-order valence-electron chi connectivity index (χ1n) is 3.90. The van der Waals surface area contributed by atoms with Crippen molar-refractivity contribution in [3.8, 4) is 0 Å². The second-order valence-electron chi connectivity index (χ2n) is 2.68. The van der Waals surface area contributed by atoms with Gasteiger partial charge >= 0.3 is 0 Å². The second-order valence-corrected chi connectivity index (χ2v) is 2.68. The van der Waals surface area contributed by atoms with Crippen LogP contribution in [0.1, 0.15) is 32.1 Å². The summed E-state index contributed by atoms with van der Waals surface area (Å²) in [4.78, 5) is 0. The second kappa shape index (κ2) is 4.15. The van der Waals surface area contributed by atoms with E-state index < -0.39 is 0 Å². The topological polar surface area (TPSA) is 20.2 Å². The van der Waals surface area contributed by atoms with Gasteiger partial charge in [-0.3, -0.25) is 0 Å². The molecule has 1 rings (SSSR count). The molecule has 0 aliphatic heterocycles. The largest absolute Gasteiger partial charge is 0.516 e. The van der Waals surface area contributed by atoms with Gasteiger partial charge in [0.25, 0.3) is 0 Å². The molecule has 0 saturated heterocycles. The summed E-state index contributed by atoms with van der Waals surface area (Å²) in [5.74, 6) is 0. The fourth-order valence-corrected chi connectivity index (χ4v) is 1.31. The number of aliphatic hydroxyl groups excluding tert-OH is 1. The molecule has 56 valence electrons. The minimum Gasteiger partial charge on any atom is -0.516 e. The van der Waals surface area contributed by atoms with E-state index in [4.69, 9.17) is 5.11 Å². The fraction of sp³-hybridized carbons (Fsp3) is 0.556. The van der Waals surface area contributed by atoms with Crippen molar-refractivity contribution >= 4 is 0 Å². The van der Waals surface area contributed by atoms with Crippen LogP contribution in [0.5, 0.6) is 0 Å². The lowest BCUT2D eigenvalue weighted by Gasteiger charge is -1.95. The van der Waals surface area contributed by atoms with Gasteiger partial charge in [0.1, 0.15) is 0 Å². The van der Waals surface area contributed by atoms with Crippen LogP contribution in [-0.4, -0.2) is 5.11 Å². The van der Waals surface area contributed by atoms with Crippen LogP contribution in [0.3, 0.4) is 0 Å². The van der Waals surface area contributed by atoms with Gasteiger partial charge in [-0.25, -0.2) is 0 Å². The summed E-state index contributed by atoms with van der Waals surface area (Å²) in [6, 6.07) is 0. The molecule has 0 heterocycles. The Labute approximate surface area is 62.1 Å². The predicted molar refractivity (Wildman–Crippen MR) is 42.9 cm³/mol. The van der Waals surface area contributed by atoms with E-state index in [1.54, 1.807) is 11.6 Å². The van der Waals surface area contributed by atoms with Crippen LogP contribution in [0.2, 0.25) is 0 Å². The number of hydrogen-bond acceptors (Lipinski definition) is 1. The van der Waals surface area contributed by atoms with Crippen molar-refractivity contribution in [2.45, 2.75) is 32.1 Å². The van der Waals surface area contributed by atoms with Crippen LogP contribution in [0.4, 0.5) is 0 Å². The molecule has 1 aliphatic carbocycles. The van der Waals surface area contributed by atoms with E-state index in [1.807, 2.05) is 0 Å². The Morgan fingerprint density at radius 2 is 2.50 bits per heavy atom. The number of hydrogen-bond donors (Lipinski definition) is 1. The lowest BCUT2D eigenvalue weighted by molar-refractivity contribution is 0.470. The lowest BCUT2D eigenvalue weighted by Crippen LogP contribution is -1.75. The molecule has 1 nitrogen and oxygen atoms in total. The number of aliphatic hydroxyl groups is 1. The van der Waals surface area contributed by atoms with Crippen molar-refractivity contribution < 1.29 is 5.11 Å². The minimum atomic E-state index is 0.988. The smallest absolute Gasteiger partial charge is 0.0751 e. The minimum absolute atomic E-state index is 0.988. The summed E-state index contributed by atoms with van der Waals surface area (Å²) >= 11 is 0. The summed E-state index contributed by atoms with van der Waals surface area (Å²) in [5, 5.41) is 8.34. The highest BCUT2D eigenvalue weighted by Gasteiger charge is 2.01. The third-order valence-corrected chi connectivity index (χ3v) is 1.87. The zero-order valence-corrected chi connectivity index (χ0v) is 6.21. The Hall–Kier alpha value is -0.720. The van der Waals surface area contributed by atoms with Crippen LogP contribution >= 0.6 is 0 Å². The molecule has 0 radical (unpaired) electrons. The van der Waals surface area contributed by atoms with Crippen molar-refractivity contribution in [1.29, 1.82) is 0 Å². The molecule has 0 saturated carbocycles. The van der Waals surface area contributed by atoms with E-state index in [0.29, 0.717) is 0 Å². The van der Waals surface area contributed by atoms with Crippen LogP contribution in [0, 0.1) is 0 Å². The number of rotatable bonds is 3. The van der Waals surface area contributed by atoms with Gasteiger partial charge in [0.2, 0.25) is 0 Å². The first-order valence-corrected chi connectivity index (χ1v) is 3.90. The quantitative estimate of drug-likeness (QED) is 0.469. The van der Waals surface area contributed by atoms with E-state index in [2.05, 4.69) is 6.08 Å². The van der Waals surface area contributed by atoms with Gasteiger partial charge in [-0.1, -0.05) is 11.6 Å². The van der Waals surface area contributed by atoms with Gasteiger partial charge in [0.05, 0.1) is 6.26 Å². The van der Waals surface area contributed by atoms with Gasteiger partial charge in [0, 0.05) is 0 Å². The molecule has 0 amide bonds. The normalized spacial score (nSPS) is 18.2. The third-order valence-electron chi connectivity index (χ3n) is 1.87. The van der Waals surface area contributed by atoms with Gasteiger partial charge in [-0.05, 0) is 38.2 Å². The first kappa shape index (κ1) is 7.39. The van der Waals surface area contributed by atoms with Gasteiger partial charge < -0.3 is 5.11 Å². The van der Waals surface area contributed by atoms with E-state index in [0.717, 1.165) is 19.1 Å². The molecule has 1 heteroatoms. The highest BCUT2D eigenvalue weighted by atomic mass is 16.2. The summed E-state index contributed by atoms with van der Waals surface area (Å²) in [7, 11) is 0. The Kier molecular flexibility index (Phi) is 3.07. The molecule has 0 aromatic carbocycles. The highest BCUT2D eigenvalue weighted by molar-refractivity contribution is 5.07. The van der Waals surface area contributed by atoms with Crippen LogP contribution in [0.25, 0.3) is 0 Å². The molecule has 0 fully saturated rings. The Morgan fingerprint density at radius 3 is 3.10 bits per heavy atom. The lowest BCUT2D eigenvalue weighted by atomic mass is 10.1. The fourth-order valence-electron chi connectivity index (χ4n) is 1.31. The van der Waals surface area contributed by atoms with E-state index in [-0.39, 0.29) is 0 Å². The Morgan fingerprint density at radius 1 is 1.60 bits per heavy atom. The molecule has 10 heavy (non-hydrogen) atoms. The highest BCUT2D eigenvalue weighted by Crippen LogP contribution is 2.21. The summed E-state index contributed by atoms with van der Waals surface area (Å²) in [6.07, 6.45) is 11.3. The zero-order chi connectivity index (χ0) is 7.23. The third kappa shape index (κ3) is 2.26. The predicted octanol–water partition coefficient (Wildman–Crippen LogP) is 2.95. The zero-order valence-electron chi connectivity index (χ0n) is 6.21. The SMILES string of the molecule is O/C=C/CCC1=CCCC1. The van der Waals surface area contributed by atoms with Gasteiger partial charge in [0.15, 0.2) is 0 Å². The van der Waals surface area contributed by atoms with Crippen molar-refractivity contribution in [2.24, 2.45) is 0 Å². The van der Waals surface area contributed by atoms with Crippen LogP contribution < -0.4 is 0 Å². The van der Waals surface area contributed by atoms with Crippen molar-refractivity contribution in [3.63, 3.8) is 0 Å². The maximum absolute atomic E-state index is 8.34. The first-order chi connectivity index (χ1) is 4.93. The summed E-state index contributed by atoms with van der Waals surface area (Å²) in [5.41, 5.74) is 1.57. The van der Waals surface area contributed by atoms with Gasteiger partial charge in [-0.2, -0.15) is 0 Å². The standard InChI is InChI=1S/C9H14O/c10-8-4-3-7-9-5-1-2-6-9/h4-5,8,10H,1-3,6-7H2/b8-4+. The monoisotopic (exact) mass is 138 g/mol. The summed E-state index contributed by atoms with van der Waals surface area (Å²) in [6.45, 7) is 0. The Bertz CT molecular complexity index is 145. The molecule has 0 atom stereocenters.